The molecule has 2 unspecified atom stereocenters. The van der Waals surface area contributed by atoms with Crippen LogP contribution in [0.25, 0.3) is 0 Å². The largest absolute Gasteiger partial charge is 0.507 e. The van der Waals surface area contributed by atoms with Crippen LogP contribution in [0.1, 0.15) is 62.4 Å². The summed E-state index contributed by atoms with van der Waals surface area (Å²) < 4.78 is 5.32. The Morgan fingerprint density at radius 1 is 1.24 bits per heavy atom. The molecule has 0 radical (unpaired) electrons. The number of nitrogens with one attached hydrogen (secondary N) is 1. The molecule has 2 atom stereocenters. The zero-order chi connectivity index (χ0) is 23.7. The van der Waals surface area contributed by atoms with Gasteiger partial charge >= 0.3 is 0 Å². The van der Waals surface area contributed by atoms with Gasteiger partial charge in [0.2, 0.25) is 5.78 Å². The van der Waals surface area contributed by atoms with Crippen molar-refractivity contribution in [3.8, 4) is 17.2 Å². The highest BCUT2D eigenvalue weighted by Crippen LogP contribution is 2.56. The number of carbonyl (C=O) groups excluding carboxylic acids is 2. The monoisotopic (exact) mass is 447 g/mol. The van der Waals surface area contributed by atoms with Gasteiger partial charge in [-0.15, -0.1) is 6.58 Å². The van der Waals surface area contributed by atoms with E-state index < -0.39 is 17.1 Å². The Labute approximate surface area is 191 Å². The van der Waals surface area contributed by atoms with Crippen LogP contribution in [0.3, 0.4) is 0 Å². The Bertz CT molecular complexity index is 1280. The van der Waals surface area contributed by atoms with Gasteiger partial charge in [0.25, 0.3) is 0 Å². The summed E-state index contributed by atoms with van der Waals surface area (Å²) in [6.07, 6.45) is 2.61. The maximum atomic E-state index is 13.6. The fourth-order valence-corrected chi connectivity index (χ4v) is 5.75. The molecule has 3 aliphatic rings. The van der Waals surface area contributed by atoms with Crippen molar-refractivity contribution in [2.45, 2.75) is 31.3 Å². The highest BCUT2D eigenvalue weighted by molar-refractivity contribution is 6.31. The second-order valence-corrected chi connectivity index (χ2v) is 8.77. The molecule has 170 valence electrons. The Hall–Kier alpha value is -3.65. The summed E-state index contributed by atoms with van der Waals surface area (Å²) in [6.45, 7) is 6.42. The van der Waals surface area contributed by atoms with Gasteiger partial charge in [-0.2, -0.15) is 5.10 Å². The number of aromatic hydroxyl groups is 2. The number of phenolic OH excluding ortho intramolecular Hbond substituents is 2. The summed E-state index contributed by atoms with van der Waals surface area (Å²) in [5.74, 6) is -1.31. The first kappa shape index (κ1) is 21.2. The van der Waals surface area contributed by atoms with E-state index in [4.69, 9.17) is 4.74 Å². The molecular formula is C25H25N3O5. The number of hydrazone groups is 1. The number of fused-ring (bicyclic) bond motifs is 6. The van der Waals surface area contributed by atoms with Crippen molar-refractivity contribution >= 4 is 17.3 Å². The molecule has 2 heterocycles. The summed E-state index contributed by atoms with van der Waals surface area (Å²) >= 11 is 0. The third-order valence-corrected chi connectivity index (χ3v) is 7.21. The van der Waals surface area contributed by atoms with Gasteiger partial charge in [-0.25, -0.2) is 0 Å². The van der Waals surface area contributed by atoms with Crippen LogP contribution in [0.15, 0.2) is 36.0 Å². The number of rotatable bonds is 4. The summed E-state index contributed by atoms with van der Waals surface area (Å²) in [5.41, 5.74) is 4.04. The molecule has 8 heteroatoms. The number of ether oxygens (including phenoxy) is 1. The normalized spacial score (nSPS) is 24.3. The lowest BCUT2D eigenvalue weighted by Crippen LogP contribution is -2.51. The van der Waals surface area contributed by atoms with Gasteiger partial charge in [0.05, 0.1) is 35.1 Å². The van der Waals surface area contributed by atoms with Crippen molar-refractivity contribution in [2.75, 3.05) is 20.7 Å². The predicted molar refractivity (Wildman–Crippen MR) is 122 cm³/mol. The number of ketones is 2. The van der Waals surface area contributed by atoms with Crippen molar-refractivity contribution in [2.24, 2.45) is 5.10 Å². The summed E-state index contributed by atoms with van der Waals surface area (Å²) in [6, 6.07) is 4.42. The van der Waals surface area contributed by atoms with Gasteiger partial charge in [0.15, 0.2) is 5.78 Å². The van der Waals surface area contributed by atoms with E-state index in [1.807, 2.05) is 6.92 Å². The molecule has 2 bridgehead atoms. The van der Waals surface area contributed by atoms with E-state index in [1.165, 1.54) is 13.2 Å². The maximum absolute atomic E-state index is 13.6. The zero-order valence-corrected chi connectivity index (χ0v) is 18.7. The van der Waals surface area contributed by atoms with Gasteiger partial charge in [0, 0.05) is 49.2 Å². The first-order valence-electron chi connectivity index (χ1n) is 10.8. The minimum absolute atomic E-state index is 0.0969. The molecule has 0 aromatic heterocycles. The van der Waals surface area contributed by atoms with Crippen molar-refractivity contribution in [3.63, 3.8) is 0 Å². The second kappa shape index (κ2) is 7.18. The fraction of sp³-hybridized carbons (Fsp3) is 0.320. The first-order chi connectivity index (χ1) is 15.8. The number of methoxy groups -OCH3 is 1. The van der Waals surface area contributed by atoms with Crippen LogP contribution in [-0.4, -0.2) is 58.6 Å². The molecule has 3 N–H and O–H groups in total. The smallest absolute Gasteiger partial charge is 0.202 e. The standard InChI is InChI=1S/C25H25N3O5/c1-5-9-28-14-10-16(27-26-3)25(28,2)11-13-17(14)23(31)20-19(22(13)30)21(29)12-7-6-8-15(33-4)18(12)24(20)32/h5-8,14,26,30-31H,1,9-11H2,2-4H3. The van der Waals surface area contributed by atoms with E-state index in [1.54, 1.807) is 25.3 Å². The van der Waals surface area contributed by atoms with Crippen LogP contribution in [0.2, 0.25) is 0 Å². The van der Waals surface area contributed by atoms with E-state index in [2.05, 4.69) is 22.0 Å². The van der Waals surface area contributed by atoms with E-state index in [0.717, 1.165) is 5.71 Å². The van der Waals surface area contributed by atoms with E-state index in [0.29, 0.717) is 30.5 Å². The topological polar surface area (TPSA) is 111 Å². The van der Waals surface area contributed by atoms with Crippen LogP contribution < -0.4 is 10.2 Å². The van der Waals surface area contributed by atoms with Gasteiger partial charge in [0.1, 0.15) is 17.2 Å². The number of carbonyl (C=O) groups is 2. The molecule has 5 rings (SSSR count). The lowest BCUT2D eigenvalue weighted by molar-refractivity contribution is 0.0967. The molecule has 1 aliphatic carbocycles. The number of hydrogen-bond donors (Lipinski definition) is 3. The third kappa shape index (κ3) is 2.58. The third-order valence-electron chi connectivity index (χ3n) is 7.21. The average molecular weight is 447 g/mol. The molecule has 0 amide bonds. The van der Waals surface area contributed by atoms with Gasteiger partial charge in [-0.1, -0.05) is 18.2 Å². The molecular weight excluding hydrogens is 422 g/mol. The van der Waals surface area contributed by atoms with Crippen molar-refractivity contribution in [1.82, 2.24) is 10.3 Å². The number of benzene rings is 2. The van der Waals surface area contributed by atoms with Gasteiger partial charge < -0.3 is 20.4 Å². The Morgan fingerprint density at radius 3 is 2.64 bits per heavy atom. The van der Waals surface area contributed by atoms with Crippen LogP contribution in [0.4, 0.5) is 0 Å². The summed E-state index contributed by atoms with van der Waals surface area (Å²) in [7, 11) is 3.14. The van der Waals surface area contributed by atoms with E-state index in [-0.39, 0.29) is 45.5 Å². The fourth-order valence-electron chi connectivity index (χ4n) is 5.75. The van der Waals surface area contributed by atoms with Crippen LogP contribution in [0.5, 0.6) is 17.2 Å². The average Bonchev–Trinajstić information content (AvgIpc) is 2.97. The molecule has 0 saturated carbocycles. The van der Waals surface area contributed by atoms with Crippen molar-refractivity contribution < 1.29 is 24.5 Å². The highest BCUT2D eigenvalue weighted by Gasteiger charge is 2.55. The van der Waals surface area contributed by atoms with Crippen molar-refractivity contribution in [1.29, 1.82) is 0 Å². The molecule has 33 heavy (non-hydrogen) atoms. The lowest BCUT2D eigenvalue weighted by Gasteiger charge is -2.43. The number of hydrogen-bond acceptors (Lipinski definition) is 8. The quantitative estimate of drug-likeness (QED) is 0.320. The first-order valence-corrected chi connectivity index (χ1v) is 10.8. The maximum Gasteiger partial charge on any atom is 0.202 e. The SMILES string of the molecule is C=CCN1C2CC(=NNC)C1(C)Cc1c(O)c3c(c(O)c12)C(=O)c1c(OC)cccc1C3=O. The molecule has 0 spiro atoms. The number of nitrogens with zero attached hydrogens (tertiary/aromatic N) is 2. The number of phenols is 2. The Balaban J connectivity index is 1.80. The van der Waals surface area contributed by atoms with Crippen LogP contribution in [0, 0.1) is 0 Å². The Morgan fingerprint density at radius 2 is 1.97 bits per heavy atom. The Kier molecular flexibility index (Phi) is 4.61. The van der Waals surface area contributed by atoms with Crippen LogP contribution >= 0.6 is 0 Å². The minimum Gasteiger partial charge on any atom is -0.507 e. The summed E-state index contributed by atoms with van der Waals surface area (Å²) in [5, 5.41) is 27.3. The molecule has 8 nitrogen and oxygen atoms in total. The predicted octanol–water partition coefficient (Wildman–Crippen LogP) is 2.70. The van der Waals surface area contributed by atoms with Gasteiger partial charge in [-0.3, -0.25) is 14.5 Å². The molecule has 2 aromatic carbocycles. The molecule has 2 aromatic rings. The van der Waals surface area contributed by atoms with E-state index in [9.17, 15) is 19.8 Å². The molecule has 1 saturated heterocycles. The molecule has 2 aliphatic heterocycles. The van der Waals surface area contributed by atoms with Gasteiger partial charge in [-0.05, 0) is 13.0 Å². The zero-order valence-electron chi connectivity index (χ0n) is 18.7. The van der Waals surface area contributed by atoms with Crippen LogP contribution in [-0.2, 0) is 6.42 Å². The highest BCUT2D eigenvalue weighted by atomic mass is 16.5. The minimum atomic E-state index is -0.546. The second-order valence-electron chi connectivity index (χ2n) is 8.77. The summed E-state index contributed by atoms with van der Waals surface area (Å²) in [4.78, 5) is 29.2. The van der Waals surface area contributed by atoms with E-state index >= 15 is 0 Å². The molecule has 1 fully saturated rings. The lowest BCUT2D eigenvalue weighted by atomic mass is 9.76. The van der Waals surface area contributed by atoms with Crippen molar-refractivity contribution in [3.05, 3.63) is 64.2 Å².